The highest BCUT2D eigenvalue weighted by Crippen LogP contribution is 2.35. The summed E-state index contributed by atoms with van der Waals surface area (Å²) in [6, 6.07) is 6.91. The van der Waals surface area contributed by atoms with Gasteiger partial charge in [-0.3, -0.25) is 0 Å². The molecular weight excluding hydrogens is 466 g/mol. The molecule has 1 saturated heterocycles. The molecule has 0 spiro atoms. The van der Waals surface area contributed by atoms with Gasteiger partial charge in [-0.05, 0) is 37.8 Å². The summed E-state index contributed by atoms with van der Waals surface area (Å²) in [5.74, 6) is 0.643. The van der Waals surface area contributed by atoms with Gasteiger partial charge in [0, 0.05) is 30.1 Å². The summed E-state index contributed by atoms with van der Waals surface area (Å²) in [5, 5.41) is 19.5. The van der Waals surface area contributed by atoms with E-state index in [9.17, 15) is 10.2 Å². The number of rotatable bonds is 5. The van der Waals surface area contributed by atoms with Crippen molar-refractivity contribution in [2.45, 2.75) is 51.0 Å². The molecule has 3 aromatic heterocycles. The van der Waals surface area contributed by atoms with Crippen LogP contribution in [0.5, 0.6) is 0 Å². The standard InChI is InChI=1S/C25H31N7O2.ClH/c33-13-25(14-34)8-10-31(11-9-25)24-29-21(22-23(30-24)27-15-26-22)17-6-7-20-19(12-17)28-16-32(20)18-4-2-1-3-5-18;/h6-7,12,15-16,18,33-34H,1-5,8-11,13-14H2,(H,26,27,29,30);1H. The number of imidazole rings is 2. The number of aromatic nitrogens is 6. The molecule has 10 heteroatoms. The zero-order valence-electron chi connectivity index (χ0n) is 19.7. The number of fused-ring (bicyclic) bond motifs is 2. The topological polar surface area (TPSA) is 116 Å². The van der Waals surface area contributed by atoms with Crippen molar-refractivity contribution in [3.8, 4) is 11.3 Å². The van der Waals surface area contributed by atoms with Crippen LogP contribution in [0.15, 0.2) is 30.9 Å². The largest absolute Gasteiger partial charge is 0.396 e. The van der Waals surface area contributed by atoms with Crippen LogP contribution in [0.1, 0.15) is 51.0 Å². The van der Waals surface area contributed by atoms with Gasteiger partial charge in [0.05, 0.1) is 36.9 Å². The molecule has 35 heavy (non-hydrogen) atoms. The fourth-order valence-corrected chi connectivity index (χ4v) is 5.54. The van der Waals surface area contributed by atoms with Gasteiger partial charge in [0.1, 0.15) is 11.2 Å². The van der Waals surface area contributed by atoms with Crippen LogP contribution in [0, 0.1) is 5.41 Å². The highest BCUT2D eigenvalue weighted by atomic mass is 35.5. The minimum absolute atomic E-state index is 0. The molecule has 6 rings (SSSR count). The molecule has 1 aliphatic heterocycles. The van der Waals surface area contributed by atoms with E-state index in [2.05, 4.69) is 37.6 Å². The third kappa shape index (κ3) is 4.26. The number of benzene rings is 1. The molecule has 2 aliphatic rings. The van der Waals surface area contributed by atoms with Crippen LogP contribution < -0.4 is 4.90 Å². The smallest absolute Gasteiger partial charge is 0.228 e. The Bertz CT molecular complexity index is 1300. The fourth-order valence-electron chi connectivity index (χ4n) is 5.54. The van der Waals surface area contributed by atoms with Gasteiger partial charge in [-0.25, -0.2) is 15.0 Å². The molecule has 0 amide bonds. The first-order valence-corrected chi connectivity index (χ1v) is 12.3. The van der Waals surface area contributed by atoms with E-state index in [-0.39, 0.29) is 25.6 Å². The van der Waals surface area contributed by atoms with Gasteiger partial charge in [0.25, 0.3) is 0 Å². The Morgan fingerprint density at radius 3 is 2.51 bits per heavy atom. The van der Waals surface area contributed by atoms with E-state index < -0.39 is 5.41 Å². The molecule has 2 fully saturated rings. The van der Waals surface area contributed by atoms with Crippen molar-refractivity contribution in [2.75, 3.05) is 31.2 Å². The second-order valence-corrected chi connectivity index (χ2v) is 9.92. The van der Waals surface area contributed by atoms with Gasteiger partial charge in [-0.15, -0.1) is 12.4 Å². The molecule has 1 aliphatic carbocycles. The predicted molar refractivity (Wildman–Crippen MR) is 138 cm³/mol. The molecular formula is C25H32ClN7O2. The maximum Gasteiger partial charge on any atom is 0.228 e. The van der Waals surface area contributed by atoms with Gasteiger partial charge < -0.3 is 24.7 Å². The Kier molecular flexibility index (Phi) is 6.65. The van der Waals surface area contributed by atoms with Crippen LogP contribution in [0.4, 0.5) is 5.95 Å². The van der Waals surface area contributed by atoms with E-state index in [0.717, 1.165) is 22.3 Å². The van der Waals surface area contributed by atoms with Crippen molar-refractivity contribution in [2.24, 2.45) is 5.41 Å². The fraction of sp³-hybridized carbons (Fsp3) is 0.520. The second kappa shape index (κ2) is 9.72. The van der Waals surface area contributed by atoms with Gasteiger partial charge in [0.2, 0.25) is 5.95 Å². The lowest BCUT2D eigenvalue weighted by atomic mass is 9.80. The number of nitrogens with one attached hydrogen (secondary N) is 1. The summed E-state index contributed by atoms with van der Waals surface area (Å²) in [6.07, 6.45) is 11.4. The summed E-state index contributed by atoms with van der Waals surface area (Å²) in [5.41, 5.74) is 4.93. The van der Waals surface area contributed by atoms with Crippen molar-refractivity contribution in [1.82, 2.24) is 29.5 Å². The molecule has 0 bridgehead atoms. The van der Waals surface area contributed by atoms with E-state index in [1.165, 1.54) is 37.6 Å². The molecule has 4 aromatic rings. The first kappa shape index (κ1) is 24.0. The highest BCUT2D eigenvalue weighted by Gasteiger charge is 2.34. The van der Waals surface area contributed by atoms with Crippen LogP contribution in [-0.2, 0) is 0 Å². The second-order valence-electron chi connectivity index (χ2n) is 9.92. The van der Waals surface area contributed by atoms with E-state index in [0.29, 0.717) is 43.6 Å². The van der Waals surface area contributed by atoms with E-state index >= 15 is 0 Å². The summed E-state index contributed by atoms with van der Waals surface area (Å²) in [4.78, 5) is 24.2. The molecule has 1 aromatic carbocycles. The van der Waals surface area contributed by atoms with Crippen molar-refractivity contribution in [3.63, 3.8) is 0 Å². The van der Waals surface area contributed by atoms with Crippen molar-refractivity contribution >= 4 is 40.6 Å². The monoisotopic (exact) mass is 497 g/mol. The number of hydrogen-bond donors (Lipinski definition) is 3. The summed E-state index contributed by atoms with van der Waals surface area (Å²) >= 11 is 0. The molecule has 4 heterocycles. The molecule has 3 N–H and O–H groups in total. The zero-order valence-corrected chi connectivity index (χ0v) is 20.5. The van der Waals surface area contributed by atoms with Crippen LogP contribution in [0.25, 0.3) is 33.5 Å². The highest BCUT2D eigenvalue weighted by molar-refractivity contribution is 5.91. The lowest BCUT2D eigenvalue weighted by molar-refractivity contribution is 0.0338. The molecule has 1 saturated carbocycles. The van der Waals surface area contributed by atoms with Crippen LogP contribution in [0.2, 0.25) is 0 Å². The number of aromatic amines is 1. The predicted octanol–water partition coefficient (Wildman–Crippen LogP) is 3.87. The first-order valence-electron chi connectivity index (χ1n) is 12.3. The quantitative estimate of drug-likeness (QED) is 0.383. The van der Waals surface area contributed by atoms with Gasteiger partial charge >= 0.3 is 0 Å². The Hall–Kier alpha value is -2.75. The van der Waals surface area contributed by atoms with E-state index in [1.807, 2.05) is 6.33 Å². The Balaban J connectivity index is 0.00000253. The maximum atomic E-state index is 9.75. The lowest BCUT2D eigenvalue weighted by Crippen LogP contribution is -2.44. The zero-order chi connectivity index (χ0) is 23.1. The van der Waals surface area contributed by atoms with Crippen LogP contribution >= 0.6 is 12.4 Å². The van der Waals surface area contributed by atoms with Crippen molar-refractivity contribution < 1.29 is 10.2 Å². The minimum Gasteiger partial charge on any atom is -0.396 e. The molecule has 0 radical (unpaired) electrons. The van der Waals surface area contributed by atoms with Gasteiger partial charge in [-0.2, -0.15) is 4.98 Å². The Labute approximate surface area is 210 Å². The normalized spacial score (nSPS) is 18.7. The van der Waals surface area contributed by atoms with Crippen LogP contribution in [0.3, 0.4) is 0 Å². The van der Waals surface area contributed by atoms with E-state index in [1.54, 1.807) is 6.33 Å². The minimum atomic E-state index is -0.417. The van der Waals surface area contributed by atoms with Crippen LogP contribution in [-0.4, -0.2) is 66.0 Å². The van der Waals surface area contributed by atoms with Gasteiger partial charge in [0.15, 0.2) is 5.65 Å². The van der Waals surface area contributed by atoms with Crippen molar-refractivity contribution in [1.29, 1.82) is 0 Å². The average Bonchev–Trinajstić information content (AvgIpc) is 3.55. The Morgan fingerprint density at radius 1 is 1.00 bits per heavy atom. The molecule has 9 nitrogen and oxygen atoms in total. The number of piperidine rings is 1. The SMILES string of the molecule is Cl.OCC1(CO)CCN(c2nc(-c3ccc4c(c3)ncn4C3CCCCC3)c3nc[nH]c3n2)CC1. The number of nitrogens with zero attached hydrogens (tertiary/aromatic N) is 6. The number of anilines is 1. The molecule has 0 atom stereocenters. The third-order valence-corrected chi connectivity index (χ3v) is 7.86. The number of aliphatic hydroxyl groups is 2. The number of halogens is 1. The lowest BCUT2D eigenvalue weighted by Gasteiger charge is -2.39. The average molecular weight is 498 g/mol. The number of H-pyrrole nitrogens is 1. The Morgan fingerprint density at radius 2 is 1.77 bits per heavy atom. The summed E-state index contributed by atoms with van der Waals surface area (Å²) < 4.78 is 2.34. The van der Waals surface area contributed by atoms with Crippen molar-refractivity contribution in [3.05, 3.63) is 30.9 Å². The maximum absolute atomic E-state index is 9.75. The number of aliphatic hydroxyl groups excluding tert-OH is 2. The summed E-state index contributed by atoms with van der Waals surface area (Å²) in [6.45, 7) is 1.36. The molecule has 186 valence electrons. The number of hydrogen-bond acceptors (Lipinski definition) is 7. The van der Waals surface area contributed by atoms with Gasteiger partial charge in [-0.1, -0.05) is 25.3 Å². The first-order chi connectivity index (χ1) is 16.7. The third-order valence-electron chi connectivity index (χ3n) is 7.86. The van der Waals surface area contributed by atoms with E-state index in [4.69, 9.17) is 15.0 Å². The molecule has 0 unspecified atom stereocenters. The summed E-state index contributed by atoms with van der Waals surface area (Å²) in [7, 11) is 0.